The second-order valence-corrected chi connectivity index (χ2v) is 7.15. The van der Waals surface area contributed by atoms with Crippen LogP contribution in [-0.2, 0) is 9.47 Å². The van der Waals surface area contributed by atoms with E-state index in [2.05, 4.69) is 19.9 Å². The van der Waals surface area contributed by atoms with Crippen LogP contribution >= 0.6 is 0 Å². The van der Waals surface area contributed by atoms with Crippen LogP contribution in [0, 0.1) is 5.82 Å². The van der Waals surface area contributed by atoms with Crippen LogP contribution < -0.4 is 9.80 Å². The Labute approximate surface area is 175 Å². The van der Waals surface area contributed by atoms with Crippen molar-refractivity contribution < 1.29 is 22.6 Å². The summed E-state index contributed by atoms with van der Waals surface area (Å²) in [6, 6.07) is 4.14. The molecule has 0 N–H and O–H groups in total. The normalized spacial score (nSPS) is 17.7. The van der Waals surface area contributed by atoms with Crippen LogP contribution in [0.1, 0.15) is 12.2 Å². The van der Waals surface area contributed by atoms with Crippen molar-refractivity contribution in [2.24, 2.45) is 0 Å². The molecule has 0 atom stereocenters. The SMILES string of the molecule is Fc1cccc2c1nc(C(F)F)n2-c1nc(N2CCOCC2)nc(N2CCOCC2)n1. The van der Waals surface area contributed by atoms with Crippen molar-refractivity contribution in [1.82, 2.24) is 24.5 Å². The summed E-state index contributed by atoms with van der Waals surface area (Å²) in [4.78, 5) is 21.2. The van der Waals surface area contributed by atoms with E-state index in [1.54, 1.807) is 0 Å². The molecule has 2 aliphatic rings. The number of hydrogen-bond donors (Lipinski definition) is 0. The molecule has 164 valence electrons. The van der Waals surface area contributed by atoms with Crippen LogP contribution in [0.4, 0.5) is 25.1 Å². The zero-order valence-electron chi connectivity index (χ0n) is 16.5. The fourth-order valence-electron chi connectivity index (χ4n) is 3.69. The van der Waals surface area contributed by atoms with Gasteiger partial charge in [0, 0.05) is 26.2 Å². The second-order valence-electron chi connectivity index (χ2n) is 7.15. The van der Waals surface area contributed by atoms with Gasteiger partial charge in [0.15, 0.2) is 11.6 Å². The molecule has 9 nitrogen and oxygen atoms in total. The average molecular weight is 435 g/mol. The summed E-state index contributed by atoms with van der Waals surface area (Å²) in [6.45, 7) is 4.29. The highest BCUT2D eigenvalue weighted by molar-refractivity contribution is 5.78. The third kappa shape index (κ3) is 3.76. The summed E-state index contributed by atoms with van der Waals surface area (Å²) in [5.41, 5.74) is 0.0152. The summed E-state index contributed by atoms with van der Waals surface area (Å²) < 4.78 is 53.9. The first-order valence-corrected chi connectivity index (χ1v) is 9.98. The van der Waals surface area contributed by atoms with Gasteiger partial charge in [-0.15, -0.1) is 0 Å². The van der Waals surface area contributed by atoms with Crippen molar-refractivity contribution in [3.8, 4) is 5.95 Å². The van der Waals surface area contributed by atoms with Crippen molar-refractivity contribution in [3.05, 3.63) is 29.8 Å². The lowest BCUT2D eigenvalue weighted by molar-refractivity contribution is 0.121. The molecule has 2 aromatic heterocycles. The Bertz CT molecular complexity index is 1050. The summed E-state index contributed by atoms with van der Waals surface area (Å²) in [5, 5.41) is 0. The molecule has 1 aromatic carbocycles. The number of benzene rings is 1. The van der Waals surface area contributed by atoms with E-state index in [-0.39, 0.29) is 17.0 Å². The Morgan fingerprint density at radius 2 is 1.32 bits per heavy atom. The molecule has 0 spiro atoms. The average Bonchev–Trinajstić information content (AvgIpc) is 3.21. The minimum atomic E-state index is -2.94. The molecule has 2 aliphatic heterocycles. The predicted molar refractivity (Wildman–Crippen MR) is 105 cm³/mol. The topological polar surface area (TPSA) is 81.4 Å². The predicted octanol–water partition coefficient (Wildman–Crippen LogP) is 1.96. The number of rotatable bonds is 4. The van der Waals surface area contributed by atoms with Gasteiger partial charge in [0.25, 0.3) is 6.43 Å². The first-order chi connectivity index (χ1) is 15.1. The van der Waals surface area contributed by atoms with E-state index in [1.165, 1.54) is 18.2 Å². The molecule has 0 bridgehead atoms. The Morgan fingerprint density at radius 1 is 0.774 bits per heavy atom. The number of alkyl halides is 2. The Morgan fingerprint density at radius 3 is 1.87 bits per heavy atom. The van der Waals surface area contributed by atoms with Crippen LogP contribution in [0.2, 0.25) is 0 Å². The zero-order chi connectivity index (χ0) is 21.4. The number of imidazole rings is 1. The van der Waals surface area contributed by atoms with Crippen LogP contribution in [0.3, 0.4) is 0 Å². The number of ether oxygens (including phenoxy) is 2. The van der Waals surface area contributed by atoms with Gasteiger partial charge in [-0.1, -0.05) is 6.07 Å². The van der Waals surface area contributed by atoms with E-state index in [1.807, 2.05) is 9.80 Å². The smallest absolute Gasteiger partial charge is 0.296 e. The Kier molecular flexibility index (Phi) is 5.32. The van der Waals surface area contributed by atoms with Crippen LogP contribution in [0.15, 0.2) is 18.2 Å². The molecular weight excluding hydrogens is 415 g/mol. The largest absolute Gasteiger partial charge is 0.378 e. The Balaban J connectivity index is 1.69. The molecule has 4 heterocycles. The van der Waals surface area contributed by atoms with E-state index in [9.17, 15) is 13.2 Å². The minimum absolute atomic E-state index is 0.0265. The van der Waals surface area contributed by atoms with Crippen LogP contribution in [0.5, 0.6) is 0 Å². The third-order valence-electron chi connectivity index (χ3n) is 5.24. The van der Waals surface area contributed by atoms with Gasteiger partial charge in [-0.05, 0) is 12.1 Å². The standard InChI is InChI=1S/C19H20F3N7O2/c20-12-2-1-3-13-14(12)23-16(15(21)22)29(13)19-25-17(27-4-8-30-9-5-27)24-18(26-19)28-6-10-31-11-7-28/h1-3,15H,4-11H2. The maximum absolute atomic E-state index is 14.3. The monoisotopic (exact) mass is 435 g/mol. The van der Waals surface area contributed by atoms with Crippen molar-refractivity contribution in [2.45, 2.75) is 6.43 Å². The molecule has 5 rings (SSSR count). The van der Waals surface area contributed by atoms with Gasteiger partial charge >= 0.3 is 0 Å². The van der Waals surface area contributed by atoms with Gasteiger partial charge in [0.1, 0.15) is 5.52 Å². The van der Waals surface area contributed by atoms with E-state index in [4.69, 9.17) is 9.47 Å². The highest BCUT2D eigenvalue weighted by Crippen LogP contribution is 2.29. The second kappa shape index (κ2) is 8.27. The molecule has 0 aliphatic carbocycles. The van der Waals surface area contributed by atoms with E-state index in [0.717, 1.165) is 4.57 Å². The van der Waals surface area contributed by atoms with Gasteiger partial charge in [0.2, 0.25) is 17.8 Å². The molecule has 0 amide bonds. The fourth-order valence-corrected chi connectivity index (χ4v) is 3.69. The number of aromatic nitrogens is 5. The zero-order valence-corrected chi connectivity index (χ0v) is 16.5. The molecule has 2 fully saturated rings. The summed E-state index contributed by atoms with van der Waals surface area (Å²) in [7, 11) is 0. The number of morpholine rings is 2. The number of halogens is 3. The summed E-state index contributed by atoms with van der Waals surface area (Å²) in [6.07, 6.45) is -2.94. The summed E-state index contributed by atoms with van der Waals surface area (Å²) >= 11 is 0. The van der Waals surface area contributed by atoms with Gasteiger partial charge in [0.05, 0.1) is 31.9 Å². The third-order valence-corrected chi connectivity index (χ3v) is 5.24. The maximum Gasteiger partial charge on any atom is 0.296 e. The molecule has 0 unspecified atom stereocenters. The lowest BCUT2D eigenvalue weighted by Gasteiger charge is -2.30. The number of hydrogen-bond acceptors (Lipinski definition) is 8. The molecular formula is C19H20F3N7O2. The van der Waals surface area contributed by atoms with Gasteiger partial charge < -0.3 is 19.3 Å². The first kappa shape index (κ1) is 19.9. The summed E-state index contributed by atoms with van der Waals surface area (Å²) in [5.74, 6) is -0.621. The van der Waals surface area contributed by atoms with Gasteiger partial charge in [-0.25, -0.2) is 18.2 Å². The number of nitrogens with zero attached hydrogens (tertiary/aromatic N) is 7. The van der Waals surface area contributed by atoms with Crippen LogP contribution in [0.25, 0.3) is 17.0 Å². The van der Waals surface area contributed by atoms with E-state index < -0.39 is 18.1 Å². The van der Waals surface area contributed by atoms with E-state index >= 15 is 0 Å². The lowest BCUT2D eigenvalue weighted by atomic mass is 10.3. The number of para-hydroxylation sites is 1. The highest BCUT2D eigenvalue weighted by atomic mass is 19.3. The molecule has 31 heavy (non-hydrogen) atoms. The van der Waals surface area contributed by atoms with Crippen molar-refractivity contribution in [3.63, 3.8) is 0 Å². The molecule has 3 aromatic rings. The highest BCUT2D eigenvalue weighted by Gasteiger charge is 2.26. The molecule has 2 saturated heterocycles. The number of fused-ring (bicyclic) bond motifs is 1. The van der Waals surface area contributed by atoms with Crippen LogP contribution in [-0.4, -0.2) is 77.1 Å². The number of anilines is 2. The molecule has 0 radical (unpaired) electrons. The van der Waals surface area contributed by atoms with Crippen molar-refractivity contribution in [2.75, 3.05) is 62.4 Å². The Hall–Kier alpha value is -2.99. The molecule has 0 saturated carbocycles. The first-order valence-electron chi connectivity index (χ1n) is 9.98. The van der Waals surface area contributed by atoms with Gasteiger partial charge in [-0.2, -0.15) is 15.0 Å². The molecule has 12 heteroatoms. The van der Waals surface area contributed by atoms with Crippen molar-refractivity contribution >= 4 is 22.9 Å². The fraction of sp³-hybridized carbons (Fsp3) is 0.474. The van der Waals surface area contributed by atoms with Gasteiger partial charge in [-0.3, -0.25) is 4.57 Å². The maximum atomic E-state index is 14.3. The minimum Gasteiger partial charge on any atom is -0.378 e. The quantitative estimate of drug-likeness (QED) is 0.615. The lowest BCUT2D eigenvalue weighted by Crippen LogP contribution is -2.40. The van der Waals surface area contributed by atoms with Crippen molar-refractivity contribution in [1.29, 1.82) is 0 Å². The van der Waals surface area contributed by atoms with E-state index in [0.29, 0.717) is 64.5 Å².